The molecule has 198 valence electrons. The molecule has 1 fully saturated rings. The maximum Gasteiger partial charge on any atom is 0.431 e. The first-order chi connectivity index (χ1) is 17.6. The lowest BCUT2D eigenvalue weighted by molar-refractivity contribution is -0.137. The van der Waals surface area contributed by atoms with Gasteiger partial charge in [0.25, 0.3) is 0 Å². The van der Waals surface area contributed by atoms with Crippen molar-refractivity contribution in [1.82, 2.24) is 0 Å². The molecule has 0 radical (unpaired) electrons. The summed E-state index contributed by atoms with van der Waals surface area (Å²) in [6.07, 6.45) is -3.65. The van der Waals surface area contributed by atoms with E-state index in [9.17, 15) is 23.1 Å². The molecule has 2 atom stereocenters. The fourth-order valence-electron chi connectivity index (χ4n) is 4.91. The van der Waals surface area contributed by atoms with Crippen molar-refractivity contribution in [2.75, 3.05) is 29.8 Å². The lowest BCUT2D eigenvalue weighted by Crippen LogP contribution is -2.38. The van der Waals surface area contributed by atoms with Crippen LogP contribution in [0.4, 0.5) is 24.5 Å². The normalized spacial score (nSPS) is 21.8. The molecule has 0 amide bonds. The van der Waals surface area contributed by atoms with Gasteiger partial charge in [-0.2, -0.15) is 18.3 Å². The second-order valence-electron chi connectivity index (χ2n) is 9.24. The van der Waals surface area contributed by atoms with E-state index < -0.39 is 36.2 Å². The van der Waals surface area contributed by atoms with Crippen LogP contribution in [-0.2, 0) is 4.79 Å². The van der Waals surface area contributed by atoms with E-state index in [0.29, 0.717) is 28.0 Å². The number of carbonyl (C=O) groups is 1. The number of aliphatic carboxylic acids is 1. The maximum atomic E-state index is 13.4. The third-order valence-electron chi connectivity index (χ3n) is 6.84. The van der Waals surface area contributed by atoms with Crippen LogP contribution in [0.25, 0.3) is 0 Å². The number of hydrazone groups is 1. The molecule has 0 aromatic heterocycles. The summed E-state index contributed by atoms with van der Waals surface area (Å²) in [5.74, 6) is -0.384. The zero-order valence-electron chi connectivity index (χ0n) is 19.9. The Balaban J connectivity index is 1.22. The number of carboxylic acid groups (broad SMARTS) is 1. The van der Waals surface area contributed by atoms with Crippen LogP contribution in [0.2, 0.25) is 5.02 Å². The van der Waals surface area contributed by atoms with Crippen molar-refractivity contribution >= 4 is 34.7 Å². The number of carboxylic acids is 1. The lowest BCUT2D eigenvalue weighted by atomic mass is 9.94. The number of piperidine rings is 1. The number of fused-ring (bicyclic) bond motifs is 1. The summed E-state index contributed by atoms with van der Waals surface area (Å²) in [6, 6.07) is 9.23. The molecule has 1 saturated heterocycles. The zero-order valence-corrected chi connectivity index (χ0v) is 20.6. The number of rotatable bonds is 6. The summed E-state index contributed by atoms with van der Waals surface area (Å²) < 4.78 is 57.1. The number of nitrogens with zero attached hydrogens (tertiary/aromatic N) is 3. The Morgan fingerprint density at radius 2 is 1.81 bits per heavy atom. The zero-order chi connectivity index (χ0) is 26.3. The van der Waals surface area contributed by atoms with E-state index in [1.165, 1.54) is 6.92 Å². The number of benzene rings is 2. The molecule has 3 heterocycles. The van der Waals surface area contributed by atoms with Crippen molar-refractivity contribution < 1.29 is 37.3 Å². The van der Waals surface area contributed by atoms with Crippen molar-refractivity contribution in [2.45, 2.75) is 44.5 Å². The highest BCUT2D eigenvalue weighted by Gasteiger charge is 2.48. The number of alkyl halides is 3. The number of anilines is 2. The average Bonchev–Trinajstić information content (AvgIpc) is 3.43. The monoisotopic (exact) mass is 539 g/mol. The maximum absolute atomic E-state index is 13.4. The predicted octanol–water partition coefficient (Wildman–Crippen LogP) is 5.33. The quantitative estimate of drug-likeness (QED) is 0.531. The lowest BCUT2D eigenvalue weighted by Gasteiger charge is -2.34. The van der Waals surface area contributed by atoms with Crippen LogP contribution in [0.5, 0.6) is 17.2 Å². The molecule has 1 N–H and O–H groups in total. The van der Waals surface area contributed by atoms with Gasteiger partial charge in [-0.05, 0) is 24.3 Å². The highest BCUT2D eigenvalue weighted by atomic mass is 35.5. The fraction of sp³-hybridized carbons (Fsp3) is 0.440. The van der Waals surface area contributed by atoms with Gasteiger partial charge >= 0.3 is 12.1 Å². The Bertz CT molecular complexity index is 1200. The molecule has 0 unspecified atom stereocenters. The van der Waals surface area contributed by atoms with E-state index in [1.807, 2.05) is 6.07 Å². The van der Waals surface area contributed by atoms with Gasteiger partial charge in [-0.15, -0.1) is 0 Å². The molecular weight excluding hydrogens is 515 g/mol. The molecule has 0 bridgehead atoms. The average molecular weight is 540 g/mol. The highest BCUT2D eigenvalue weighted by molar-refractivity contribution is 6.33. The molecule has 2 aromatic rings. The molecule has 2 aromatic carbocycles. The highest BCUT2D eigenvalue weighted by Crippen LogP contribution is 2.42. The molecule has 3 aliphatic heterocycles. The van der Waals surface area contributed by atoms with Crippen LogP contribution in [-0.4, -0.2) is 55.0 Å². The summed E-state index contributed by atoms with van der Waals surface area (Å²) in [5, 5.41) is 14.7. The van der Waals surface area contributed by atoms with Gasteiger partial charge in [0.2, 0.25) is 6.79 Å². The fourth-order valence-corrected chi connectivity index (χ4v) is 5.19. The molecule has 0 saturated carbocycles. The van der Waals surface area contributed by atoms with Gasteiger partial charge in [-0.25, -0.2) is 0 Å². The van der Waals surface area contributed by atoms with Gasteiger partial charge in [0.1, 0.15) is 17.6 Å². The summed E-state index contributed by atoms with van der Waals surface area (Å²) in [4.78, 5) is 13.5. The molecule has 37 heavy (non-hydrogen) atoms. The van der Waals surface area contributed by atoms with Crippen molar-refractivity contribution in [3.05, 3.63) is 41.4 Å². The molecule has 5 rings (SSSR count). The molecule has 3 aliphatic rings. The second-order valence-corrected chi connectivity index (χ2v) is 9.64. The first kappa shape index (κ1) is 25.3. The van der Waals surface area contributed by atoms with Crippen LogP contribution in [0.1, 0.15) is 26.2 Å². The second kappa shape index (κ2) is 9.85. The standard InChI is InChI=1S/C25H25ClF3N3O5/c1-14-19(12-23(33)34)32(30-24(14)25(27,28)29)15-2-4-16(5-3-15)37-17-6-8-31(9-7-17)20-11-22-21(10-18(20)26)35-13-36-22/h2-5,10-11,14,17,19H,6-9,12-13H2,1H3,(H,33,34)/t14-,19-/m0/s1. The summed E-state index contributed by atoms with van der Waals surface area (Å²) in [7, 11) is 0. The summed E-state index contributed by atoms with van der Waals surface area (Å²) >= 11 is 6.44. The molecule has 12 heteroatoms. The van der Waals surface area contributed by atoms with Crippen LogP contribution >= 0.6 is 11.6 Å². The predicted molar refractivity (Wildman–Crippen MR) is 131 cm³/mol. The number of hydrogen-bond acceptors (Lipinski definition) is 7. The smallest absolute Gasteiger partial charge is 0.431 e. The summed E-state index contributed by atoms with van der Waals surface area (Å²) in [6.45, 7) is 2.97. The first-order valence-corrected chi connectivity index (χ1v) is 12.3. The minimum absolute atomic E-state index is 0.0451. The van der Waals surface area contributed by atoms with Gasteiger partial charge in [-0.1, -0.05) is 18.5 Å². The van der Waals surface area contributed by atoms with E-state index >= 15 is 0 Å². The van der Waals surface area contributed by atoms with E-state index in [4.69, 9.17) is 25.8 Å². The van der Waals surface area contributed by atoms with Crippen LogP contribution < -0.4 is 24.1 Å². The molecule has 0 spiro atoms. The van der Waals surface area contributed by atoms with Gasteiger partial charge < -0.3 is 24.2 Å². The Morgan fingerprint density at radius 1 is 1.16 bits per heavy atom. The Morgan fingerprint density at radius 3 is 2.43 bits per heavy atom. The SMILES string of the molecule is C[C@@H]1C(C(F)(F)F)=NN(c2ccc(OC3CCN(c4cc5c(cc4Cl)OCO5)CC3)cc2)[C@H]1CC(=O)O. The number of halogens is 4. The van der Waals surface area contributed by atoms with Gasteiger partial charge in [0.15, 0.2) is 11.5 Å². The minimum Gasteiger partial charge on any atom is -0.490 e. The molecular formula is C25H25ClF3N3O5. The molecule has 8 nitrogen and oxygen atoms in total. The third-order valence-corrected chi connectivity index (χ3v) is 7.14. The van der Waals surface area contributed by atoms with E-state index in [0.717, 1.165) is 36.6 Å². The third kappa shape index (κ3) is 5.22. The molecule has 0 aliphatic carbocycles. The van der Waals surface area contributed by atoms with Crippen molar-refractivity contribution in [3.8, 4) is 17.2 Å². The Kier molecular flexibility index (Phi) is 6.74. The summed E-state index contributed by atoms with van der Waals surface area (Å²) in [5.41, 5.74) is 0.272. The van der Waals surface area contributed by atoms with Gasteiger partial charge in [-0.3, -0.25) is 9.80 Å². The largest absolute Gasteiger partial charge is 0.490 e. The van der Waals surface area contributed by atoms with Crippen molar-refractivity contribution in [1.29, 1.82) is 0 Å². The van der Waals surface area contributed by atoms with Gasteiger partial charge in [0, 0.05) is 44.0 Å². The van der Waals surface area contributed by atoms with E-state index in [2.05, 4.69) is 10.0 Å². The first-order valence-electron chi connectivity index (χ1n) is 11.9. The number of hydrogen-bond donors (Lipinski definition) is 1. The minimum atomic E-state index is -4.63. The Hall–Kier alpha value is -3.34. The Labute approximate surface area is 216 Å². The van der Waals surface area contributed by atoms with Crippen molar-refractivity contribution in [3.63, 3.8) is 0 Å². The van der Waals surface area contributed by atoms with E-state index in [1.54, 1.807) is 30.3 Å². The number of ether oxygens (including phenoxy) is 3. The van der Waals surface area contributed by atoms with Crippen molar-refractivity contribution in [2.24, 2.45) is 11.0 Å². The van der Waals surface area contributed by atoms with Crippen LogP contribution in [0, 0.1) is 5.92 Å². The topological polar surface area (TPSA) is 83.8 Å². The van der Waals surface area contributed by atoms with E-state index in [-0.39, 0.29) is 12.9 Å². The van der Waals surface area contributed by atoms with Crippen LogP contribution in [0.3, 0.4) is 0 Å². The van der Waals surface area contributed by atoms with Crippen LogP contribution in [0.15, 0.2) is 41.5 Å². The van der Waals surface area contributed by atoms with Gasteiger partial charge in [0.05, 0.1) is 28.9 Å².